The summed E-state index contributed by atoms with van der Waals surface area (Å²) in [6.45, 7) is 4.10. The van der Waals surface area contributed by atoms with E-state index in [2.05, 4.69) is 92.1 Å². The van der Waals surface area contributed by atoms with Crippen LogP contribution >= 0.6 is 0 Å². The molecule has 7 unspecified atom stereocenters. The Morgan fingerprint density at radius 1 is 0.559 bits per heavy atom. The number of nitrogens with one attached hydrogen (secondary N) is 1. The number of rotatable bonds is 44. The number of aliphatic hydroxyl groups excluding tert-OH is 5. The van der Waals surface area contributed by atoms with Crippen LogP contribution in [0.25, 0.3) is 0 Å². The second-order valence-electron chi connectivity index (χ2n) is 18.2. The highest BCUT2D eigenvalue weighted by Crippen LogP contribution is 2.22. The molecule has 1 fully saturated rings. The number of hydrogen-bond donors (Lipinski definition) is 6. The van der Waals surface area contributed by atoms with Crippen molar-refractivity contribution in [3.05, 3.63) is 85.1 Å². The minimum atomic E-state index is -1.59. The summed E-state index contributed by atoms with van der Waals surface area (Å²) in [6.07, 6.45) is 50.9. The van der Waals surface area contributed by atoms with Crippen LogP contribution in [0.1, 0.15) is 200 Å². The molecule has 1 aliphatic heterocycles. The lowest BCUT2D eigenvalue weighted by Crippen LogP contribution is -2.60. The molecule has 390 valence electrons. The van der Waals surface area contributed by atoms with Crippen LogP contribution in [-0.4, -0.2) is 100 Å². The van der Waals surface area contributed by atoms with Crippen molar-refractivity contribution in [3.8, 4) is 0 Å². The minimum Gasteiger partial charge on any atom is -0.466 e. The highest BCUT2D eigenvalue weighted by atomic mass is 16.7. The molecule has 0 aliphatic carbocycles. The van der Waals surface area contributed by atoms with E-state index in [1.54, 1.807) is 6.08 Å². The third-order valence-corrected chi connectivity index (χ3v) is 11.9. The lowest BCUT2D eigenvalue weighted by Gasteiger charge is -2.40. The number of aliphatic hydroxyl groups is 5. The first-order valence-corrected chi connectivity index (χ1v) is 26.9. The second-order valence-corrected chi connectivity index (χ2v) is 18.2. The maximum Gasteiger partial charge on any atom is 0.305 e. The number of carbonyl (C=O) groups excluding carboxylic acids is 2. The fraction of sp³-hybridized carbons (Fsp3) is 0.719. The number of hydrogen-bond acceptors (Lipinski definition) is 10. The van der Waals surface area contributed by atoms with Crippen LogP contribution in [0, 0.1) is 0 Å². The average Bonchev–Trinajstić information content (AvgIpc) is 3.33. The summed E-state index contributed by atoms with van der Waals surface area (Å²) in [4.78, 5) is 25.0. The van der Waals surface area contributed by atoms with Gasteiger partial charge in [0.15, 0.2) is 6.29 Å². The molecule has 7 atom stereocenters. The van der Waals surface area contributed by atoms with Gasteiger partial charge in [0.05, 0.1) is 32.0 Å². The zero-order chi connectivity index (χ0) is 49.6. The summed E-state index contributed by atoms with van der Waals surface area (Å²) < 4.78 is 16.6. The van der Waals surface area contributed by atoms with Crippen LogP contribution in [0.3, 0.4) is 0 Å². The summed E-state index contributed by atoms with van der Waals surface area (Å²) in [5.74, 6) is -0.283. The highest BCUT2D eigenvalue weighted by Gasteiger charge is 2.44. The minimum absolute atomic E-state index is 0.0595. The molecule has 11 heteroatoms. The second kappa shape index (κ2) is 46.2. The number of unbranched alkanes of at least 4 members (excludes halogenated alkanes) is 19. The van der Waals surface area contributed by atoms with Gasteiger partial charge in [-0.15, -0.1) is 0 Å². The predicted molar refractivity (Wildman–Crippen MR) is 278 cm³/mol. The standard InChI is InChI=1S/C57H97NO10/c1-3-5-7-9-11-13-15-20-25-29-33-37-41-45-53(62)66-46-42-38-34-30-26-22-19-17-18-21-24-28-32-36-40-44-52(61)58-49(48-67-57-56(65)55(64)54(63)51(47-59)68-57)50(60)43-39-35-31-27-23-16-14-12-10-8-6-4-2/h7,9-10,12-13,15,17,19,22-23,26-27,39,43,49-51,54-57,59-60,63-65H,3-6,8,11,14,16,18,20-21,24-25,28-38,40-42,44-48H2,1-2H3,(H,58,61)/b9-7-,12-10+,15-13-,19-17-,26-22-,27-23+,43-39+. The molecule has 1 amide bonds. The summed E-state index contributed by atoms with van der Waals surface area (Å²) in [6, 6.07) is -0.853. The van der Waals surface area contributed by atoms with Crippen molar-refractivity contribution in [2.45, 2.75) is 243 Å². The van der Waals surface area contributed by atoms with Gasteiger partial charge in [-0.1, -0.05) is 163 Å². The van der Waals surface area contributed by atoms with Crippen molar-refractivity contribution < 1.29 is 49.3 Å². The maximum atomic E-state index is 13.0. The topological polar surface area (TPSA) is 175 Å². The van der Waals surface area contributed by atoms with Crippen molar-refractivity contribution in [1.29, 1.82) is 0 Å². The summed E-state index contributed by atoms with van der Waals surface area (Å²) in [7, 11) is 0. The first kappa shape index (κ1) is 62.9. The van der Waals surface area contributed by atoms with E-state index < -0.39 is 49.5 Å². The molecule has 68 heavy (non-hydrogen) atoms. The molecule has 0 saturated carbocycles. The summed E-state index contributed by atoms with van der Waals surface area (Å²) >= 11 is 0. The van der Waals surface area contributed by atoms with Crippen molar-refractivity contribution in [2.75, 3.05) is 19.8 Å². The molecule has 1 heterocycles. The number of carbonyl (C=O) groups is 2. The van der Waals surface area contributed by atoms with Crippen molar-refractivity contribution in [1.82, 2.24) is 5.32 Å². The van der Waals surface area contributed by atoms with E-state index >= 15 is 0 Å². The third-order valence-electron chi connectivity index (χ3n) is 11.9. The highest BCUT2D eigenvalue weighted by molar-refractivity contribution is 5.76. The largest absolute Gasteiger partial charge is 0.466 e. The van der Waals surface area contributed by atoms with Gasteiger partial charge in [-0.3, -0.25) is 9.59 Å². The number of ether oxygens (including phenoxy) is 3. The molecular weight excluding hydrogens is 859 g/mol. The Kier molecular flexibility index (Phi) is 42.7. The molecule has 1 rings (SSSR count). The molecule has 0 aromatic rings. The van der Waals surface area contributed by atoms with Crippen LogP contribution in [0.5, 0.6) is 0 Å². The number of esters is 1. The van der Waals surface area contributed by atoms with E-state index in [1.165, 1.54) is 44.9 Å². The van der Waals surface area contributed by atoms with Gasteiger partial charge in [0.2, 0.25) is 5.91 Å². The first-order valence-electron chi connectivity index (χ1n) is 26.9. The lowest BCUT2D eigenvalue weighted by molar-refractivity contribution is -0.302. The Hall–Kier alpha value is -3.16. The van der Waals surface area contributed by atoms with Crippen molar-refractivity contribution >= 4 is 11.9 Å². The summed E-state index contributed by atoms with van der Waals surface area (Å²) in [5.41, 5.74) is 0. The Morgan fingerprint density at radius 3 is 1.69 bits per heavy atom. The molecule has 0 radical (unpaired) electrons. The Balaban J connectivity index is 2.20. The molecule has 0 aromatic carbocycles. The zero-order valence-corrected chi connectivity index (χ0v) is 42.5. The van der Waals surface area contributed by atoms with Gasteiger partial charge in [0, 0.05) is 12.8 Å². The molecule has 1 aliphatic rings. The van der Waals surface area contributed by atoms with Gasteiger partial charge in [0.25, 0.3) is 0 Å². The van der Waals surface area contributed by atoms with Gasteiger partial charge >= 0.3 is 5.97 Å². The van der Waals surface area contributed by atoms with E-state index in [9.17, 15) is 35.1 Å². The number of allylic oxidation sites excluding steroid dienone is 13. The van der Waals surface area contributed by atoms with E-state index in [0.29, 0.717) is 32.3 Å². The molecule has 0 bridgehead atoms. The molecule has 6 N–H and O–H groups in total. The van der Waals surface area contributed by atoms with Crippen LogP contribution in [-0.2, 0) is 23.8 Å². The van der Waals surface area contributed by atoms with Gasteiger partial charge in [0.1, 0.15) is 24.4 Å². The van der Waals surface area contributed by atoms with Gasteiger partial charge in [-0.2, -0.15) is 0 Å². The van der Waals surface area contributed by atoms with E-state index in [4.69, 9.17) is 14.2 Å². The Labute approximate surface area is 413 Å². The van der Waals surface area contributed by atoms with Gasteiger partial charge in [-0.25, -0.2) is 0 Å². The molecular formula is C57H97NO10. The fourth-order valence-corrected chi connectivity index (χ4v) is 7.60. The monoisotopic (exact) mass is 956 g/mol. The first-order chi connectivity index (χ1) is 33.2. The quantitative estimate of drug-likeness (QED) is 0.0149. The normalized spacial score (nSPS) is 20.1. The van der Waals surface area contributed by atoms with E-state index in [-0.39, 0.29) is 18.5 Å². The Morgan fingerprint density at radius 2 is 1.07 bits per heavy atom. The molecule has 11 nitrogen and oxygen atoms in total. The van der Waals surface area contributed by atoms with Crippen molar-refractivity contribution in [2.24, 2.45) is 0 Å². The van der Waals surface area contributed by atoms with Crippen LogP contribution in [0.15, 0.2) is 85.1 Å². The van der Waals surface area contributed by atoms with Crippen LogP contribution in [0.2, 0.25) is 0 Å². The molecule has 1 saturated heterocycles. The third kappa shape index (κ3) is 35.9. The van der Waals surface area contributed by atoms with Gasteiger partial charge < -0.3 is 45.1 Å². The summed E-state index contributed by atoms with van der Waals surface area (Å²) in [5, 5.41) is 54.2. The zero-order valence-electron chi connectivity index (χ0n) is 42.5. The van der Waals surface area contributed by atoms with Crippen LogP contribution < -0.4 is 5.32 Å². The molecule has 0 aromatic heterocycles. The van der Waals surface area contributed by atoms with E-state index in [1.807, 2.05) is 6.08 Å². The molecule has 0 spiro atoms. The fourth-order valence-electron chi connectivity index (χ4n) is 7.60. The average molecular weight is 956 g/mol. The van der Waals surface area contributed by atoms with Crippen molar-refractivity contribution in [3.63, 3.8) is 0 Å². The number of amides is 1. The smallest absolute Gasteiger partial charge is 0.305 e. The van der Waals surface area contributed by atoms with E-state index in [0.717, 1.165) is 116 Å². The van der Waals surface area contributed by atoms with Crippen LogP contribution in [0.4, 0.5) is 0 Å². The Bertz CT molecular complexity index is 1400. The SMILES string of the molecule is CCC/C=C\C/C=C\CCCCCCCC(=O)OCCCCC/C=C\C=C/CCCCCCCCC(=O)NC(COC1OC(CO)C(O)C(O)C1O)C(O)/C=C/CC/C=C/CC/C=C/CCCC. The van der Waals surface area contributed by atoms with Gasteiger partial charge in [-0.05, 0) is 109 Å². The lowest BCUT2D eigenvalue weighted by atomic mass is 9.99. The predicted octanol–water partition coefficient (Wildman–Crippen LogP) is 11.4. The maximum absolute atomic E-state index is 13.0.